The molecule has 0 saturated carbocycles. The first kappa shape index (κ1) is 15.0. The van der Waals surface area contributed by atoms with Gasteiger partial charge in [0.2, 0.25) is 5.91 Å². The fourth-order valence-electron chi connectivity index (χ4n) is 3.51. The van der Waals surface area contributed by atoms with E-state index in [0.717, 1.165) is 18.7 Å². The Kier molecular flexibility index (Phi) is 3.88. The van der Waals surface area contributed by atoms with Crippen LogP contribution in [-0.4, -0.2) is 72.1 Å². The molecule has 2 heterocycles. The highest BCUT2D eigenvalue weighted by atomic mass is 16.4. The third kappa shape index (κ3) is 2.71. The quantitative estimate of drug-likeness (QED) is 0.881. The Hall–Kier alpha value is -1.92. The smallest absolute Gasteiger partial charge is 0.317 e. The van der Waals surface area contributed by atoms with Crippen molar-refractivity contribution in [2.75, 3.05) is 44.7 Å². The molecule has 2 fully saturated rings. The average molecular weight is 303 g/mol. The summed E-state index contributed by atoms with van der Waals surface area (Å²) in [5, 5.41) is 8.98. The number of hydrogen-bond donors (Lipinski definition) is 1. The number of likely N-dealkylation sites (tertiary alicyclic amines) is 1. The normalized spacial score (nSPS) is 26.8. The van der Waals surface area contributed by atoms with Gasteiger partial charge in [-0.25, -0.2) is 0 Å². The summed E-state index contributed by atoms with van der Waals surface area (Å²) in [5.41, 5.74) is 0.760. The molecule has 0 radical (unpaired) electrons. The highest BCUT2D eigenvalue weighted by Gasteiger charge is 2.47. The lowest BCUT2D eigenvalue weighted by Gasteiger charge is -2.47. The van der Waals surface area contributed by atoms with Crippen LogP contribution in [0.3, 0.4) is 0 Å². The van der Waals surface area contributed by atoms with Gasteiger partial charge in [0.25, 0.3) is 0 Å². The Bertz CT molecular complexity index is 577. The van der Waals surface area contributed by atoms with Gasteiger partial charge < -0.3 is 10.0 Å². The van der Waals surface area contributed by atoms with Crippen LogP contribution in [0, 0.1) is 0 Å². The van der Waals surface area contributed by atoms with Crippen molar-refractivity contribution in [2.24, 2.45) is 0 Å². The van der Waals surface area contributed by atoms with Crippen molar-refractivity contribution in [3.63, 3.8) is 0 Å². The first-order chi connectivity index (χ1) is 10.5. The maximum absolute atomic E-state index is 12.4. The highest BCUT2D eigenvalue weighted by molar-refractivity contribution is 5.96. The largest absolute Gasteiger partial charge is 0.480 e. The molecule has 6 heteroatoms. The summed E-state index contributed by atoms with van der Waals surface area (Å²) in [7, 11) is 1.96. The maximum Gasteiger partial charge on any atom is 0.317 e. The lowest BCUT2D eigenvalue weighted by molar-refractivity contribution is -0.138. The van der Waals surface area contributed by atoms with Gasteiger partial charge >= 0.3 is 5.97 Å². The molecular formula is C16H21N3O3. The first-order valence-corrected chi connectivity index (χ1v) is 7.51. The van der Waals surface area contributed by atoms with E-state index in [2.05, 4.69) is 4.90 Å². The molecule has 3 rings (SSSR count). The van der Waals surface area contributed by atoms with Crippen LogP contribution in [-0.2, 0) is 9.59 Å². The van der Waals surface area contributed by atoms with E-state index in [0.29, 0.717) is 19.6 Å². The second-order valence-corrected chi connectivity index (χ2v) is 6.25. The molecule has 22 heavy (non-hydrogen) atoms. The number of carbonyl (C=O) groups is 2. The number of aliphatic carboxylic acids is 1. The highest BCUT2D eigenvalue weighted by Crippen LogP contribution is 2.33. The number of likely N-dealkylation sites (N-methyl/N-ethyl adjacent to an activating group) is 1. The summed E-state index contributed by atoms with van der Waals surface area (Å²) in [5.74, 6) is -0.706. The van der Waals surface area contributed by atoms with Crippen LogP contribution in [0.25, 0.3) is 0 Å². The van der Waals surface area contributed by atoms with E-state index in [9.17, 15) is 9.59 Å². The van der Waals surface area contributed by atoms with Crippen LogP contribution in [0.2, 0.25) is 0 Å². The number of piperazine rings is 1. The zero-order valence-corrected chi connectivity index (χ0v) is 12.7. The number of benzene rings is 1. The van der Waals surface area contributed by atoms with Crippen molar-refractivity contribution >= 4 is 17.6 Å². The minimum Gasteiger partial charge on any atom is -0.480 e. The van der Waals surface area contributed by atoms with Crippen LogP contribution in [0.15, 0.2) is 30.3 Å². The van der Waals surface area contributed by atoms with E-state index in [-0.39, 0.29) is 18.0 Å². The van der Waals surface area contributed by atoms with Crippen molar-refractivity contribution in [1.82, 2.24) is 9.80 Å². The zero-order chi connectivity index (χ0) is 15.7. The SMILES string of the molecule is CN1CC(=O)N(c2ccccc2)C[C@]12CCN(CC(=O)O)C2. The molecule has 1 atom stereocenters. The molecule has 118 valence electrons. The molecule has 6 nitrogen and oxygen atoms in total. The Morgan fingerprint density at radius 2 is 2.00 bits per heavy atom. The molecule has 1 aromatic carbocycles. The van der Waals surface area contributed by atoms with Crippen LogP contribution in [0.4, 0.5) is 5.69 Å². The number of carboxylic acid groups (broad SMARTS) is 1. The van der Waals surface area contributed by atoms with E-state index in [4.69, 9.17) is 5.11 Å². The molecule has 2 aliphatic rings. The van der Waals surface area contributed by atoms with Crippen molar-refractivity contribution in [1.29, 1.82) is 0 Å². The number of carboxylic acids is 1. The zero-order valence-electron chi connectivity index (χ0n) is 12.7. The lowest BCUT2D eigenvalue weighted by Crippen LogP contribution is -2.64. The van der Waals surface area contributed by atoms with Crippen molar-refractivity contribution in [3.8, 4) is 0 Å². The number of amides is 1. The van der Waals surface area contributed by atoms with E-state index < -0.39 is 5.97 Å². The van der Waals surface area contributed by atoms with Gasteiger partial charge in [0.05, 0.1) is 18.6 Å². The molecule has 1 N–H and O–H groups in total. The fraction of sp³-hybridized carbons (Fsp3) is 0.500. The molecule has 0 unspecified atom stereocenters. The standard InChI is InChI=1S/C16H21N3O3/c1-17-9-14(20)19(13-5-3-2-4-6-13)12-16(17)7-8-18(11-16)10-15(21)22/h2-6H,7-12H2,1H3,(H,21,22)/t16-/m1/s1. The predicted molar refractivity (Wildman–Crippen MR) is 82.8 cm³/mol. The summed E-state index contributed by atoms with van der Waals surface area (Å²) in [6.07, 6.45) is 0.882. The Morgan fingerprint density at radius 1 is 1.27 bits per heavy atom. The molecule has 1 aromatic rings. The molecule has 1 spiro atoms. The summed E-state index contributed by atoms with van der Waals surface area (Å²) in [6.45, 7) is 2.49. The number of hydrogen-bond acceptors (Lipinski definition) is 4. The maximum atomic E-state index is 12.4. The topological polar surface area (TPSA) is 64.1 Å². The second kappa shape index (κ2) is 5.70. The Balaban J connectivity index is 1.80. The predicted octanol–water partition coefficient (Wildman–Crippen LogP) is 0.494. The van der Waals surface area contributed by atoms with E-state index in [1.54, 1.807) is 0 Å². The van der Waals surface area contributed by atoms with Crippen LogP contribution >= 0.6 is 0 Å². The monoisotopic (exact) mass is 303 g/mol. The second-order valence-electron chi connectivity index (χ2n) is 6.25. The van der Waals surface area contributed by atoms with Crippen molar-refractivity contribution in [2.45, 2.75) is 12.0 Å². The van der Waals surface area contributed by atoms with Gasteiger partial charge in [0, 0.05) is 25.3 Å². The molecule has 0 bridgehead atoms. The third-order valence-electron chi connectivity index (χ3n) is 4.77. The summed E-state index contributed by atoms with van der Waals surface area (Å²) < 4.78 is 0. The van der Waals surface area contributed by atoms with Gasteiger partial charge in [-0.1, -0.05) is 18.2 Å². The number of carbonyl (C=O) groups excluding carboxylic acids is 1. The van der Waals surface area contributed by atoms with Gasteiger partial charge in [-0.15, -0.1) is 0 Å². The number of nitrogens with zero attached hydrogens (tertiary/aromatic N) is 3. The molecule has 0 aromatic heterocycles. The van der Waals surface area contributed by atoms with E-state index in [1.165, 1.54) is 0 Å². The van der Waals surface area contributed by atoms with Crippen LogP contribution in [0.1, 0.15) is 6.42 Å². The number of rotatable bonds is 3. The molecule has 1 amide bonds. The average Bonchev–Trinajstić information content (AvgIpc) is 2.87. The van der Waals surface area contributed by atoms with Gasteiger partial charge in [0.15, 0.2) is 0 Å². The van der Waals surface area contributed by atoms with E-state index in [1.807, 2.05) is 47.2 Å². The van der Waals surface area contributed by atoms with Gasteiger partial charge in [0.1, 0.15) is 0 Å². The molecule has 2 aliphatic heterocycles. The van der Waals surface area contributed by atoms with Crippen molar-refractivity contribution < 1.29 is 14.7 Å². The minimum absolute atomic E-state index is 0.0644. The van der Waals surface area contributed by atoms with Crippen LogP contribution in [0.5, 0.6) is 0 Å². The summed E-state index contributed by atoms with van der Waals surface area (Å²) >= 11 is 0. The molecule has 0 aliphatic carbocycles. The van der Waals surface area contributed by atoms with Gasteiger partial charge in [-0.2, -0.15) is 0 Å². The third-order valence-corrected chi connectivity index (χ3v) is 4.77. The number of para-hydroxylation sites is 1. The first-order valence-electron chi connectivity index (χ1n) is 7.51. The van der Waals surface area contributed by atoms with Crippen LogP contribution < -0.4 is 4.90 Å². The lowest BCUT2D eigenvalue weighted by atomic mass is 9.92. The summed E-state index contributed by atoms with van der Waals surface area (Å²) in [6, 6.07) is 9.68. The summed E-state index contributed by atoms with van der Waals surface area (Å²) in [4.78, 5) is 29.2. The molecule has 2 saturated heterocycles. The Labute approximate surface area is 129 Å². The number of anilines is 1. The van der Waals surface area contributed by atoms with Gasteiger partial charge in [-0.3, -0.25) is 19.4 Å². The Morgan fingerprint density at radius 3 is 2.68 bits per heavy atom. The van der Waals surface area contributed by atoms with Crippen molar-refractivity contribution in [3.05, 3.63) is 30.3 Å². The minimum atomic E-state index is -0.800. The molecular weight excluding hydrogens is 282 g/mol. The van der Waals surface area contributed by atoms with Gasteiger partial charge in [-0.05, 0) is 25.6 Å². The van der Waals surface area contributed by atoms with E-state index >= 15 is 0 Å². The fourth-order valence-corrected chi connectivity index (χ4v) is 3.51.